The van der Waals surface area contributed by atoms with Gasteiger partial charge in [0.15, 0.2) is 0 Å². The van der Waals surface area contributed by atoms with Gasteiger partial charge in [0.25, 0.3) is 0 Å². The molecule has 0 fully saturated rings. The Bertz CT molecular complexity index is 553. The molecule has 106 valence electrons. The Morgan fingerprint density at radius 3 is 2.85 bits per heavy atom. The van der Waals surface area contributed by atoms with Gasteiger partial charge >= 0.3 is 0 Å². The normalized spacial score (nSPS) is 12.1. The minimum Gasteiger partial charge on any atom is -0.387 e. The van der Waals surface area contributed by atoms with Gasteiger partial charge in [-0.25, -0.2) is 4.68 Å². The van der Waals surface area contributed by atoms with Gasteiger partial charge in [0.05, 0.1) is 12.3 Å². The number of aromatic nitrogens is 3. The van der Waals surface area contributed by atoms with Gasteiger partial charge in [-0.05, 0) is 12.0 Å². The number of hydrogen-bond donors (Lipinski definition) is 2. The van der Waals surface area contributed by atoms with Crippen molar-refractivity contribution in [3.05, 3.63) is 47.8 Å². The number of hydrogen-bond acceptors (Lipinski definition) is 4. The SMILES string of the molecule is CCC(O)c1cn(CC(=O)NCc2ccccc2)nn1. The molecule has 0 radical (unpaired) electrons. The number of rotatable bonds is 6. The molecule has 1 atom stereocenters. The third-order valence-electron chi connectivity index (χ3n) is 2.92. The van der Waals surface area contributed by atoms with Crippen molar-refractivity contribution in [2.75, 3.05) is 0 Å². The Hall–Kier alpha value is -2.21. The van der Waals surface area contributed by atoms with Crippen molar-refractivity contribution >= 4 is 5.91 Å². The lowest BCUT2D eigenvalue weighted by Crippen LogP contribution is -2.27. The van der Waals surface area contributed by atoms with E-state index in [-0.39, 0.29) is 12.5 Å². The summed E-state index contributed by atoms with van der Waals surface area (Å²) in [5.41, 5.74) is 1.53. The van der Waals surface area contributed by atoms with Crippen molar-refractivity contribution in [2.45, 2.75) is 32.5 Å². The molecule has 0 spiro atoms. The van der Waals surface area contributed by atoms with Gasteiger partial charge in [-0.3, -0.25) is 4.79 Å². The Morgan fingerprint density at radius 2 is 2.15 bits per heavy atom. The van der Waals surface area contributed by atoms with E-state index in [2.05, 4.69) is 15.6 Å². The summed E-state index contributed by atoms with van der Waals surface area (Å²) in [5.74, 6) is -0.142. The number of aliphatic hydroxyl groups excluding tert-OH is 1. The van der Waals surface area contributed by atoms with E-state index in [9.17, 15) is 9.90 Å². The molecule has 0 saturated carbocycles. The first-order chi connectivity index (χ1) is 9.69. The van der Waals surface area contributed by atoms with E-state index in [1.165, 1.54) is 4.68 Å². The molecule has 1 aromatic heterocycles. The minimum atomic E-state index is -0.629. The Labute approximate surface area is 117 Å². The van der Waals surface area contributed by atoms with Gasteiger partial charge in [-0.1, -0.05) is 42.5 Å². The lowest BCUT2D eigenvalue weighted by atomic mass is 10.2. The van der Waals surface area contributed by atoms with Crippen LogP contribution in [0.15, 0.2) is 36.5 Å². The standard InChI is InChI=1S/C14H18N4O2/c1-2-13(19)12-9-18(17-16-12)10-14(20)15-8-11-6-4-3-5-7-11/h3-7,9,13,19H,2,8,10H2,1H3,(H,15,20). The Balaban J connectivity index is 1.84. The van der Waals surface area contributed by atoms with Gasteiger partial charge in [-0.2, -0.15) is 0 Å². The van der Waals surface area contributed by atoms with Gasteiger partial charge in [0.2, 0.25) is 5.91 Å². The molecule has 2 aromatic rings. The fraction of sp³-hybridized carbons (Fsp3) is 0.357. The molecule has 6 heteroatoms. The zero-order valence-electron chi connectivity index (χ0n) is 11.4. The molecule has 6 nitrogen and oxygen atoms in total. The molecule has 1 heterocycles. The van der Waals surface area contributed by atoms with Crippen LogP contribution in [0.4, 0.5) is 0 Å². The van der Waals surface area contributed by atoms with Crippen molar-refractivity contribution < 1.29 is 9.90 Å². The molecular weight excluding hydrogens is 256 g/mol. The van der Waals surface area contributed by atoms with Crippen LogP contribution in [0.25, 0.3) is 0 Å². The number of aliphatic hydroxyl groups is 1. The molecule has 0 aliphatic carbocycles. The van der Waals surface area contributed by atoms with Gasteiger partial charge in [-0.15, -0.1) is 5.10 Å². The maximum Gasteiger partial charge on any atom is 0.242 e. The largest absolute Gasteiger partial charge is 0.387 e. The molecule has 0 saturated heterocycles. The molecule has 1 amide bonds. The van der Waals surface area contributed by atoms with Gasteiger partial charge in [0.1, 0.15) is 12.2 Å². The van der Waals surface area contributed by atoms with Crippen molar-refractivity contribution in [3.8, 4) is 0 Å². The van der Waals surface area contributed by atoms with E-state index in [0.717, 1.165) is 5.56 Å². The molecule has 2 rings (SSSR count). The van der Waals surface area contributed by atoms with Crippen molar-refractivity contribution in [2.24, 2.45) is 0 Å². The highest BCUT2D eigenvalue weighted by atomic mass is 16.3. The Kier molecular flexibility index (Phi) is 4.84. The summed E-state index contributed by atoms with van der Waals surface area (Å²) in [7, 11) is 0. The van der Waals surface area contributed by atoms with E-state index in [0.29, 0.717) is 18.7 Å². The number of carbonyl (C=O) groups is 1. The smallest absolute Gasteiger partial charge is 0.242 e. The van der Waals surface area contributed by atoms with E-state index in [4.69, 9.17) is 0 Å². The highest BCUT2D eigenvalue weighted by Gasteiger charge is 2.11. The molecule has 1 aromatic carbocycles. The third-order valence-corrected chi connectivity index (χ3v) is 2.92. The van der Waals surface area contributed by atoms with Crippen LogP contribution in [-0.2, 0) is 17.9 Å². The number of benzene rings is 1. The van der Waals surface area contributed by atoms with Crippen LogP contribution in [0.2, 0.25) is 0 Å². The van der Waals surface area contributed by atoms with E-state index in [1.54, 1.807) is 6.20 Å². The second kappa shape index (κ2) is 6.81. The predicted molar refractivity (Wildman–Crippen MR) is 73.6 cm³/mol. The summed E-state index contributed by atoms with van der Waals surface area (Å²) in [6, 6.07) is 9.69. The highest BCUT2D eigenvalue weighted by Crippen LogP contribution is 2.11. The summed E-state index contributed by atoms with van der Waals surface area (Å²) >= 11 is 0. The van der Waals surface area contributed by atoms with E-state index < -0.39 is 6.10 Å². The maximum absolute atomic E-state index is 11.8. The second-order valence-electron chi connectivity index (χ2n) is 4.53. The van der Waals surface area contributed by atoms with Crippen LogP contribution in [0, 0.1) is 0 Å². The first kappa shape index (κ1) is 14.2. The fourth-order valence-electron chi connectivity index (χ4n) is 1.75. The monoisotopic (exact) mass is 274 g/mol. The average molecular weight is 274 g/mol. The van der Waals surface area contributed by atoms with Crippen molar-refractivity contribution in [1.82, 2.24) is 20.3 Å². The van der Waals surface area contributed by atoms with Crippen LogP contribution < -0.4 is 5.32 Å². The first-order valence-corrected chi connectivity index (χ1v) is 6.57. The van der Waals surface area contributed by atoms with E-state index in [1.807, 2.05) is 37.3 Å². The molecule has 20 heavy (non-hydrogen) atoms. The van der Waals surface area contributed by atoms with Crippen molar-refractivity contribution in [3.63, 3.8) is 0 Å². The summed E-state index contributed by atoms with van der Waals surface area (Å²) in [6.07, 6.45) is 1.53. The molecule has 0 aliphatic rings. The number of carbonyl (C=O) groups excluding carboxylic acids is 1. The zero-order chi connectivity index (χ0) is 14.4. The van der Waals surface area contributed by atoms with Crippen molar-refractivity contribution in [1.29, 1.82) is 0 Å². The Morgan fingerprint density at radius 1 is 1.40 bits per heavy atom. The predicted octanol–water partition coefficient (Wildman–Crippen LogP) is 1.04. The van der Waals surface area contributed by atoms with Crippen LogP contribution >= 0.6 is 0 Å². The van der Waals surface area contributed by atoms with Gasteiger partial charge in [0, 0.05) is 6.54 Å². The molecule has 1 unspecified atom stereocenters. The van der Waals surface area contributed by atoms with Gasteiger partial charge < -0.3 is 10.4 Å². The number of nitrogens with zero attached hydrogens (tertiary/aromatic N) is 3. The quantitative estimate of drug-likeness (QED) is 0.824. The number of nitrogens with one attached hydrogen (secondary N) is 1. The lowest BCUT2D eigenvalue weighted by molar-refractivity contribution is -0.122. The molecule has 2 N–H and O–H groups in total. The van der Waals surface area contributed by atoms with E-state index >= 15 is 0 Å². The minimum absolute atomic E-state index is 0.0935. The number of amides is 1. The van der Waals surface area contributed by atoms with Crippen LogP contribution in [0.5, 0.6) is 0 Å². The van der Waals surface area contributed by atoms with Crippen LogP contribution in [-0.4, -0.2) is 26.0 Å². The maximum atomic E-state index is 11.8. The summed E-state index contributed by atoms with van der Waals surface area (Å²) < 4.78 is 1.43. The molecule has 0 bridgehead atoms. The summed E-state index contributed by atoms with van der Waals surface area (Å²) in [4.78, 5) is 11.8. The highest BCUT2D eigenvalue weighted by molar-refractivity contribution is 5.75. The molecular formula is C14H18N4O2. The molecule has 0 aliphatic heterocycles. The lowest BCUT2D eigenvalue weighted by Gasteiger charge is -2.05. The van der Waals surface area contributed by atoms with Crippen LogP contribution in [0.3, 0.4) is 0 Å². The third kappa shape index (κ3) is 3.89. The summed E-state index contributed by atoms with van der Waals surface area (Å²) in [6.45, 7) is 2.44. The second-order valence-corrected chi connectivity index (χ2v) is 4.53. The first-order valence-electron chi connectivity index (χ1n) is 6.57. The zero-order valence-corrected chi connectivity index (χ0v) is 11.4. The topological polar surface area (TPSA) is 80.0 Å². The average Bonchev–Trinajstić information content (AvgIpc) is 2.94. The van der Waals surface area contributed by atoms with Crippen LogP contribution in [0.1, 0.15) is 30.7 Å². The fourth-order valence-corrected chi connectivity index (χ4v) is 1.75. The summed E-state index contributed by atoms with van der Waals surface area (Å²) in [5, 5.41) is 20.1.